The maximum absolute atomic E-state index is 12.1. The van der Waals surface area contributed by atoms with Crippen molar-refractivity contribution < 1.29 is 9.53 Å². The lowest BCUT2D eigenvalue weighted by Crippen LogP contribution is -2.39. The normalized spacial score (nSPS) is 17.8. The van der Waals surface area contributed by atoms with Gasteiger partial charge in [-0.1, -0.05) is 48.5 Å². The summed E-state index contributed by atoms with van der Waals surface area (Å²) in [5.74, 6) is -0.356. The summed E-state index contributed by atoms with van der Waals surface area (Å²) in [5.41, 5.74) is 0.605. The molecule has 3 nitrogen and oxygen atoms in total. The van der Waals surface area contributed by atoms with E-state index in [1.807, 2.05) is 0 Å². The Hall–Kier alpha value is -0.770. The number of carbonyl (C=O) groups is 1. The monoisotopic (exact) mass is 315 g/mol. The predicted octanol–water partition coefficient (Wildman–Crippen LogP) is 4.13. The fourth-order valence-corrected chi connectivity index (χ4v) is 3.29. The van der Waals surface area contributed by atoms with Crippen molar-refractivity contribution in [1.82, 2.24) is 5.32 Å². The summed E-state index contributed by atoms with van der Waals surface area (Å²) in [5, 5.41) is 4.33. The third-order valence-corrected chi connectivity index (χ3v) is 4.39. The van der Waals surface area contributed by atoms with E-state index in [2.05, 4.69) is 5.32 Å². The first-order chi connectivity index (χ1) is 9.63. The van der Waals surface area contributed by atoms with Gasteiger partial charge in [0.15, 0.2) is 0 Å². The lowest BCUT2D eigenvalue weighted by Gasteiger charge is -2.28. The quantitative estimate of drug-likeness (QED) is 0.849. The van der Waals surface area contributed by atoms with Gasteiger partial charge in [0.25, 0.3) is 0 Å². The van der Waals surface area contributed by atoms with Crippen LogP contribution in [0.3, 0.4) is 0 Å². The average Bonchev–Trinajstić information content (AvgIpc) is 2.46. The Morgan fingerprint density at radius 1 is 1.25 bits per heavy atom. The van der Waals surface area contributed by atoms with Crippen LogP contribution < -0.4 is 5.32 Å². The standard InChI is InChI=1S/C15H19Cl2NO2/c1-20-15(19)14(18-10-6-3-2-4-7-10)13-11(16)8-5-9-12(13)17/h5,8-10,14,18H,2-4,6-7H2,1H3. The molecule has 1 atom stereocenters. The van der Waals surface area contributed by atoms with Gasteiger partial charge in [-0.2, -0.15) is 0 Å². The minimum Gasteiger partial charge on any atom is -0.468 e. The van der Waals surface area contributed by atoms with Crippen molar-refractivity contribution >= 4 is 29.2 Å². The third kappa shape index (κ3) is 3.66. The van der Waals surface area contributed by atoms with Gasteiger partial charge in [0.2, 0.25) is 0 Å². The topological polar surface area (TPSA) is 38.3 Å². The summed E-state index contributed by atoms with van der Waals surface area (Å²) in [6, 6.07) is 4.94. The lowest BCUT2D eigenvalue weighted by atomic mass is 9.94. The number of halogens is 2. The molecule has 0 bridgehead atoms. The zero-order valence-corrected chi connectivity index (χ0v) is 13.0. The van der Waals surface area contributed by atoms with Crippen LogP contribution in [0.4, 0.5) is 0 Å². The van der Waals surface area contributed by atoms with E-state index in [4.69, 9.17) is 27.9 Å². The lowest BCUT2D eigenvalue weighted by molar-refractivity contribution is -0.143. The van der Waals surface area contributed by atoms with E-state index in [1.165, 1.54) is 26.4 Å². The number of benzene rings is 1. The maximum atomic E-state index is 12.1. The van der Waals surface area contributed by atoms with Crippen LogP contribution in [0, 0.1) is 0 Å². The number of hydrogen-bond acceptors (Lipinski definition) is 3. The molecule has 20 heavy (non-hydrogen) atoms. The second kappa shape index (κ2) is 7.30. The van der Waals surface area contributed by atoms with E-state index in [-0.39, 0.29) is 5.97 Å². The number of methoxy groups -OCH3 is 1. The first-order valence-corrected chi connectivity index (χ1v) is 7.67. The Morgan fingerprint density at radius 2 is 1.85 bits per heavy atom. The molecule has 110 valence electrons. The molecule has 1 unspecified atom stereocenters. The Labute approximate surface area is 129 Å². The second-order valence-corrected chi connectivity index (χ2v) is 5.91. The predicted molar refractivity (Wildman–Crippen MR) is 81.2 cm³/mol. The van der Waals surface area contributed by atoms with Gasteiger partial charge in [0, 0.05) is 21.7 Å². The van der Waals surface area contributed by atoms with Gasteiger partial charge in [0.1, 0.15) is 6.04 Å². The average molecular weight is 316 g/mol. The molecule has 1 N–H and O–H groups in total. The summed E-state index contributed by atoms with van der Waals surface area (Å²) in [7, 11) is 1.38. The van der Waals surface area contributed by atoms with Crippen molar-refractivity contribution in [3.05, 3.63) is 33.8 Å². The van der Waals surface area contributed by atoms with Crippen molar-refractivity contribution in [2.24, 2.45) is 0 Å². The first-order valence-electron chi connectivity index (χ1n) is 6.91. The van der Waals surface area contributed by atoms with E-state index in [0.717, 1.165) is 12.8 Å². The second-order valence-electron chi connectivity index (χ2n) is 5.09. The molecule has 1 aromatic rings. The van der Waals surface area contributed by atoms with Crippen LogP contribution in [0.1, 0.15) is 43.7 Å². The molecule has 5 heteroatoms. The van der Waals surface area contributed by atoms with Gasteiger partial charge in [0.05, 0.1) is 7.11 Å². The number of nitrogens with one attached hydrogen (secondary N) is 1. The van der Waals surface area contributed by atoms with Gasteiger partial charge in [-0.15, -0.1) is 0 Å². The molecule has 1 fully saturated rings. The van der Waals surface area contributed by atoms with Crippen molar-refractivity contribution in [1.29, 1.82) is 0 Å². The third-order valence-electron chi connectivity index (χ3n) is 3.73. The number of ether oxygens (including phenoxy) is 1. The number of hydrogen-bond donors (Lipinski definition) is 1. The Kier molecular flexibility index (Phi) is 5.70. The molecule has 0 aliphatic heterocycles. The van der Waals surface area contributed by atoms with Crippen LogP contribution in [-0.2, 0) is 9.53 Å². The van der Waals surface area contributed by atoms with Crippen LogP contribution in [0.15, 0.2) is 18.2 Å². The minimum atomic E-state index is -0.607. The van der Waals surface area contributed by atoms with E-state index >= 15 is 0 Å². The minimum absolute atomic E-state index is 0.306. The fraction of sp³-hybridized carbons (Fsp3) is 0.533. The molecule has 1 aliphatic carbocycles. The van der Waals surface area contributed by atoms with Gasteiger partial charge in [-0.05, 0) is 25.0 Å². The number of carbonyl (C=O) groups excluding carboxylic acids is 1. The van der Waals surface area contributed by atoms with Gasteiger partial charge < -0.3 is 4.74 Å². The maximum Gasteiger partial charge on any atom is 0.327 e. The van der Waals surface area contributed by atoms with E-state index in [0.29, 0.717) is 21.7 Å². The summed E-state index contributed by atoms with van der Waals surface area (Å²) < 4.78 is 4.90. The molecule has 0 saturated heterocycles. The zero-order valence-electron chi connectivity index (χ0n) is 11.5. The Morgan fingerprint density at radius 3 is 2.40 bits per heavy atom. The molecule has 1 aromatic carbocycles. The van der Waals surface area contributed by atoms with Gasteiger partial charge in [-0.25, -0.2) is 4.79 Å². The van der Waals surface area contributed by atoms with Crippen LogP contribution in [0.5, 0.6) is 0 Å². The number of rotatable bonds is 4. The van der Waals surface area contributed by atoms with Crippen molar-refractivity contribution in [3.8, 4) is 0 Å². The molecular formula is C15H19Cl2NO2. The highest BCUT2D eigenvalue weighted by Gasteiger charge is 2.29. The summed E-state index contributed by atoms with van der Waals surface area (Å²) in [6.07, 6.45) is 5.75. The summed E-state index contributed by atoms with van der Waals surface area (Å²) in [6.45, 7) is 0. The van der Waals surface area contributed by atoms with Crippen molar-refractivity contribution in [2.45, 2.75) is 44.2 Å². The van der Waals surface area contributed by atoms with Gasteiger partial charge in [-0.3, -0.25) is 5.32 Å². The van der Waals surface area contributed by atoms with Crippen LogP contribution in [-0.4, -0.2) is 19.1 Å². The molecule has 0 aromatic heterocycles. The van der Waals surface area contributed by atoms with Crippen molar-refractivity contribution in [3.63, 3.8) is 0 Å². The Balaban J connectivity index is 2.25. The van der Waals surface area contributed by atoms with Crippen LogP contribution in [0.25, 0.3) is 0 Å². The molecule has 2 rings (SSSR count). The molecular weight excluding hydrogens is 297 g/mol. The molecule has 1 aliphatic rings. The first kappa shape index (κ1) is 15.6. The highest BCUT2D eigenvalue weighted by molar-refractivity contribution is 6.36. The van der Waals surface area contributed by atoms with Crippen molar-refractivity contribution in [2.75, 3.05) is 7.11 Å². The SMILES string of the molecule is COC(=O)C(NC1CCCCC1)c1c(Cl)cccc1Cl. The Bertz CT molecular complexity index is 453. The molecule has 0 spiro atoms. The van der Waals surface area contributed by atoms with E-state index in [9.17, 15) is 4.79 Å². The van der Waals surface area contributed by atoms with Crippen LogP contribution >= 0.6 is 23.2 Å². The van der Waals surface area contributed by atoms with Gasteiger partial charge >= 0.3 is 5.97 Å². The smallest absolute Gasteiger partial charge is 0.327 e. The number of esters is 1. The highest BCUT2D eigenvalue weighted by Crippen LogP contribution is 2.32. The zero-order chi connectivity index (χ0) is 14.5. The fourth-order valence-electron chi connectivity index (χ4n) is 2.68. The summed E-state index contributed by atoms with van der Waals surface area (Å²) >= 11 is 12.4. The van der Waals surface area contributed by atoms with E-state index in [1.54, 1.807) is 18.2 Å². The van der Waals surface area contributed by atoms with Crippen LogP contribution in [0.2, 0.25) is 10.0 Å². The summed E-state index contributed by atoms with van der Waals surface area (Å²) in [4.78, 5) is 12.1. The molecule has 0 heterocycles. The molecule has 1 saturated carbocycles. The highest BCUT2D eigenvalue weighted by atomic mass is 35.5. The molecule has 0 amide bonds. The molecule has 0 radical (unpaired) electrons. The largest absolute Gasteiger partial charge is 0.468 e. The van der Waals surface area contributed by atoms with E-state index < -0.39 is 6.04 Å².